The molecule has 1 aromatic rings. The molecule has 1 fully saturated rings. The summed E-state index contributed by atoms with van der Waals surface area (Å²) in [7, 11) is 0. The number of nitrogens with zero attached hydrogens (tertiary/aromatic N) is 1. The van der Waals surface area contributed by atoms with Gasteiger partial charge >= 0.3 is 0 Å². The number of carbonyl (C=O) groups excluding carboxylic acids is 1. The molecule has 0 bridgehead atoms. The number of ether oxygens (including phenoxy) is 1. The predicted octanol–water partition coefficient (Wildman–Crippen LogP) is 2.39. The third-order valence-electron chi connectivity index (χ3n) is 3.29. The van der Waals surface area contributed by atoms with Crippen LogP contribution < -0.4 is 0 Å². The molecule has 2 rings (SSSR count). The van der Waals surface area contributed by atoms with Crippen molar-refractivity contribution in [3.63, 3.8) is 0 Å². The molecule has 104 valence electrons. The van der Waals surface area contributed by atoms with Crippen LogP contribution in [0.25, 0.3) is 0 Å². The number of hydrogen-bond donors (Lipinski definition) is 0. The van der Waals surface area contributed by atoms with E-state index in [9.17, 15) is 4.79 Å². The van der Waals surface area contributed by atoms with Crippen LogP contribution in [0.2, 0.25) is 0 Å². The highest BCUT2D eigenvalue weighted by atomic mass is 35.5. The van der Waals surface area contributed by atoms with Crippen molar-refractivity contribution in [3.05, 3.63) is 35.4 Å². The van der Waals surface area contributed by atoms with Crippen LogP contribution >= 0.6 is 11.6 Å². The predicted molar refractivity (Wildman–Crippen MR) is 76.5 cm³/mol. The Bertz CT molecular complexity index is 450. The van der Waals surface area contributed by atoms with Crippen LogP contribution in [0.4, 0.5) is 0 Å². The van der Waals surface area contributed by atoms with Crippen LogP contribution in [0.3, 0.4) is 0 Å². The molecule has 4 heteroatoms. The van der Waals surface area contributed by atoms with Crippen molar-refractivity contribution >= 4 is 17.5 Å². The summed E-state index contributed by atoms with van der Waals surface area (Å²) < 4.78 is 5.66. The first-order valence-electron chi connectivity index (χ1n) is 6.63. The van der Waals surface area contributed by atoms with E-state index in [1.54, 1.807) is 0 Å². The van der Waals surface area contributed by atoms with Crippen molar-refractivity contribution in [3.8, 4) is 0 Å². The van der Waals surface area contributed by atoms with E-state index in [-0.39, 0.29) is 18.1 Å². The highest BCUT2D eigenvalue weighted by Crippen LogP contribution is 2.14. The third kappa shape index (κ3) is 3.95. The monoisotopic (exact) mass is 281 g/mol. The molecule has 0 saturated carbocycles. The maximum atomic E-state index is 12.3. The van der Waals surface area contributed by atoms with Crippen LogP contribution in [0, 0.1) is 6.92 Å². The maximum absolute atomic E-state index is 12.3. The maximum Gasteiger partial charge on any atom is 0.227 e. The molecular weight excluding hydrogens is 262 g/mol. The fourth-order valence-corrected chi connectivity index (χ4v) is 2.61. The molecule has 2 unspecified atom stereocenters. The number of alkyl halides is 1. The lowest BCUT2D eigenvalue weighted by molar-refractivity contribution is -0.142. The van der Waals surface area contributed by atoms with Gasteiger partial charge in [0.1, 0.15) is 0 Å². The number of aryl methyl sites for hydroxylation is 1. The highest BCUT2D eigenvalue weighted by molar-refractivity contribution is 6.18. The Morgan fingerprint density at radius 3 is 2.95 bits per heavy atom. The number of rotatable bonds is 3. The summed E-state index contributed by atoms with van der Waals surface area (Å²) >= 11 is 5.83. The van der Waals surface area contributed by atoms with Crippen molar-refractivity contribution in [2.75, 3.05) is 19.0 Å². The summed E-state index contributed by atoms with van der Waals surface area (Å²) in [5.41, 5.74) is 2.24. The van der Waals surface area contributed by atoms with Crippen LogP contribution in [-0.4, -0.2) is 42.0 Å². The quantitative estimate of drug-likeness (QED) is 0.796. The number of carbonyl (C=O) groups is 1. The van der Waals surface area contributed by atoms with E-state index in [1.165, 1.54) is 5.56 Å². The average molecular weight is 282 g/mol. The first kappa shape index (κ1) is 14.4. The minimum Gasteiger partial charge on any atom is -0.370 e. The summed E-state index contributed by atoms with van der Waals surface area (Å²) in [5.74, 6) is 0.578. The van der Waals surface area contributed by atoms with Gasteiger partial charge in [0, 0.05) is 13.1 Å². The molecule has 19 heavy (non-hydrogen) atoms. The third-order valence-corrected chi connectivity index (χ3v) is 3.63. The zero-order valence-corrected chi connectivity index (χ0v) is 12.2. The first-order valence-corrected chi connectivity index (χ1v) is 7.16. The van der Waals surface area contributed by atoms with Crippen molar-refractivity contribution in [1.82, 2.24) is 4.90 Å². The second-order valence-electron chi connectivity index (χ2n) is 5.19. The minimum absolute atomic E-state index is 0.0492. The van der Waals surface area contributed by atoms with Gasteiger partial charge in [0.15, 0.2) is 0 Å². The van der Waals surface area contributed by atoms with Gasteiger partial charge in [-0.15, -0.1) is 11.6 Å². The molecule has 2 atom stereocenters. The Morgan fingerprint density at radius 2 is 2.26 bits per heavy atom. The lowest BCUT2D eigenvalue weighted by Gasteiger charge is -2.36. The number of benzene rings is 1. The number of amides is 1. The molecule has 3 nitrogen and oxygen atoms in total. The standard InChI is InChI=1S/C15H20ClNO2/c1-11-4-3-5-13(6-11)7-15(18)17-9-12(2)19-14(8-16)10-17/h3-6,12,14H,7-10H2,1-2H3. The van der Waals surface area contributed by atoms with Gasteiger partial charge < -0.3 is 9.64 Å². The van der Waals surface area contributed by atoms with Gasteiger partial charge in [0.05, 0.1) is 24.5 Å². The van der Waals surface area contributed by atoms with E-state index in [4.69, 9.17) is 16.3 Å². The van der Waals surface area contributed by atoms with Gasteiger partial charge in [-0.2, -0.15) is 0 Å². The summed E-state index contributed by atoms with van der Waals surface area (Å²) in [4.78, 5) is 14.2. The molecule has 0 aliphatic carbocycles. The number of halogens is 1. The van der Waals surface area contributed by atoms with E-state index in [1.807, 2.05) is 36.9 Å². The smallest absolute Gasteiger partial charge is 0.227 e. The fourth-order valence-electron chi connectivity index (χ4n) is 2.44. The molecule has 1 aliphatic rings. The normalized spacial score (nSPS) is 23.4. The molecular formula is C15H20ClNO2. The SMILES string of the molecule is Cc1cccc(CC(=O)N2CC(C)OC(CCl)C2)c1. The van der Waals surface area contributed by atoms with Crippen molar-refractivity contribution < 1.29 is 9.53 Å². The van der Waals surface area contributed by atoms with E-state index in [0.717, 1.165) is 5.56 Å². The summed E-state index contributed by atoms with van der Waals surface area (Å²) in [5, 5.41) is 0. The van der Waals surface area contributed by atoms with Crippen LogP contribution in [0.1, 0.15) is 18.1 Å². The second-order valence-corrected chi connectivity index (χ2v) is 5.50. The molecule has 0 radical (unpaired) electrons. The van der Waals surface area contributed by atoms with Crippen molar-refractivity contribution in [2.45, 2.75) is 32.5 Å². The molecule has 1 aromatic carbocycles. The molecule has 0 N–H and O–H groups in total. The second kappa shape index (κ2) is 6.40. The van der Waals surface area contributed by atoms with Gasteiger partial charge in [-0.25, -0.2) is 0 Å². The molecule has 1 saturated heterocycles. The Morgan fingerprint density at radius 1 is 1.47 bits per heavy atom. The first-order chi connectivity index (χ1) is 9.08. The lowest BCUT2D eigenvalue weighted by atomic mass is 10.1. The Kier molecular flexibility index (Phi) is 4.83. The van der Waals surface area contributed by atoms with E-state index in [0.29, 0.717) is 25.4 Å². The van der Waals surface area contributed by atoms with Crippen LogP contribution in [0.15, 0.2) is 24.3 Å². The Hall–Kier alpha value is -1.06. The lowest BCUT2D eigenvalue weighted by Crippen LogP contribution is -2.50. The summed E-state index contributed by atoms with van der Waals surface area (Å²) in [6.07, 6.45) is 0.453. The minimum atomic E-state index is -0.0492. The van der Waals surface area contributed by atoms with Crippen LogP contribution in [-0.2, 0) is 16.0 Å². The van der Waals surface area contributed by atoms with Crippen molar-refractivity contribution in [2.24, 2.45) is 0 Å². The summed E-state index contributed by atoms with van der Waals surface area (Å²) in [6, 6.07) is 8.07. The zero-order valence-electron chi connectivity index (χ0n) is 11.4. The van der Waals surface area contributed by atoms with E-state index >= 15 is 0 Å². The Balaban J connectivity index is 1.99. The summed E-state index contributed by atoms with van der Waals surface area (Å²) in [6.45, 7) is 5.26. The number of hydrogen-bond acceptors (Lipinski definition) is 2. The molecule has 1 heterocycles. The van der Waals surface area contributed by atoms with Gasteiger partial charge in [0.2, 0.25) is 5.91 Å². The van der Waals surface area contributed by atoms with Gasteiger partial charge in [-0.1, -0.05) is 29.8 Å². The fraction of sp³-hybridized carbons (Fsp3) is 0.533. The van der Waals surface area contributed by atoms with Gasteiger partial charge in [-0.05, 0) is 19.4 Å². The number of morpholine rings is 1. The molecule has 0 spiro atoms. The van der Waals surface area contributed by atoms with Gasteiger partial charge in [-0.3, -0.25) is 4.79 Å². The average Bonchev–Trinajstić information content (AvgIpc) is 2.38. The van der Waals surface area contributed by atoms with Gasteiger partial charge in [0.25, 0.3) is 0 Å². The molecule has 1 aliphatic heterocycles. The Labute approximate surface area is 119 Å². The zero-order chi connectivity index (χ0) is 13.8. The highest BCUT2D eigenvalue weighted by Gasteiger charge is 2.27. The topological polar surface area (TPSA) is 29.5 Å². The molecule has 1 amide bonds. The van der Waals surface area contributed by atoms with Crippen molar-refractivity contribution in [1.29, 1.82) is 0 Å². The largest absolute Gasteiger partial charge is 0.370 e. The molecule has 0 aromatic heterocycles. The van der Waals surface area contributed by atoms with E-state index < -0.39 is 0 Å². The van der Waals surface area contributed by atoms with Crippen LogP contribution in [0.5, 0.6) is 0 Å². The van der Waals surface area contributed by atoms with E-state index in [2.05, 4.69) is 6.07 Å².